The summed E-state index contributed by atoms with van der Waals surface area (Å²) in [4.78, 5) is 4.92. The normalized spacial score (nSPS) is 20.7. The summed E-state index contributed by atoms with van der Waals surface area (Å²) >= 11 is 0. The summed E-state index contributed by atoms with van der Waals surface area (Å²) < 4.78 is 2.33. The van der Waals surface area contributed by atoms with Gasteiger partial charge in [-0.15, -0.1) is 0 Å². The second-order valence-corrected chi connectivity index (χ2v) is 5.89. The number of aromatic nitrogens is 1. The van der Waals surface area contributed by atoms with E-state index in [0.29, 0.717) is 0 Å². The highest BCUT2D eigenvalue weighted by Crippen LogP contribution is 2.22. The lowest BCUT2D eigenvalue weighted by Crippen LogP contribution is -2.31. The van der Waals surface area contributed by atoms with E-state index >= 15 is 0 Å². The van der Waals surface area contributed by atoms with Gasteiger partial charge in [0.05, 0.1) is 0 Å². The van der Waals surface area contributed by atoms with E-state index in [1.807, 2.05) is 0 Å². The molecular formula is C16H23N3. The molecule has 1 saturated heterocycles. The number of fused-ring (bicyclic) bond motifs is 1. The Labute approximate surface area is 115 Å². The molecular weight excluding hydrogens is 234 g/mol. The molecule has 0 radical (unpaired) electrons. The Balaban J connectivity index is 1.77. The Hall–Kier alpha value is -1.32. The van der Waals surface area contributed by atoms with Crippen molar-refractivity contribution in [1.82, 2.24) is 14.4 Å². The van der Waals surface area contributed by atoms with Gasteiger partial charge in [0.25, 0.3) is 0 Å². The Kier molecular flexibility index (Phi) is 3.33. The van der Waals surface area contributed by atoms with Crippen molar-refractivity contribution in [3.05, 3.63) is 36.0 Å². The summed E-state index contributed by atoms with van der Waals surface area (Å²) in [6.07, 6.45) is 1.29. The van der Waals surface area contributed by atoms with Crippen LogP contribution in [-0.4, -0.2) is 47.6 Å². The lowest BCUT2D eigenvalue weighted by Gasteiger charge is -2.20. The quantitative estimate of drug-likeness (QED) is 0.836. The number of aryl methyl sites for hydroxylation is 1. The molecule has 3 rings (SSSR count). The number of para-hydroxylation sites is 1. The maximum absolute atomic E-state index is 2.57. The maximum atomic E-state index is 2.57. The Morgan fingerprint density at radius 1 is 1.26 bits per heavy atom. The number of hydrogen-bond donors (Lipinski definition) is 0. The summed E-state index contributed by atoms with van der Waals surface area (Å²) in [5.41, 5.74) is 2.75. The summed E-state index contributed by atoms with van der Waals surface area (Å²) in [6, 6.07) is 11.7. The highest BCUT2D eigenvalue weighted by atomic mass is 15.2. The topological polar surface area (TPSA) is 11.4 Å². The van der Waals surface area contributed by atoms with E-state index in [4.69, 9.17) is 0 Å². The van der Waals surface area contributed by atoms with Gasteiger partial charge in [-0.3, -0.25) is 4.90 Å². The van der Waals surface area contributed by atoms with Crippen LogP contribution in [0.25, 0.3) is 10.9 Å². The van der Waals surface area contributed by atoms with Crippen molar-refractivity contribution in [2.75, 3.05) is 27.2 Å². The minimum atomic E-state index is 0.717. The fraction of sp³-hybridized carbons (Fsp3) is 0.500. The monoisotopic (exact) mass is 257 g/mol. The van der Waals surface area contributed by atoms with E-state index in [1.54, 1.807) is 0 Å². The molecule has 1 fully saturated rings. The third-order valence-electron chi connectivity index (χ3n) is 4.41. The molecule has 0 saturated carbocycles. The third kappa shape index (κ3) is 2.40. The second-order valence-electron chi connectivity index (χ2n) is 5.89. The zero-order valence-electron chi connectivity index (χ0n) is 12.1. The highest BCUT2D eigenvalue weighted by molar-refractivity contribution is 5.81. The number of benzene rings is 1. The van der Waals surface area contributed by atoms with Crippen molar-refractivity contribution in [2.24, 2.45) is 7.05 Å². The van der Waals surface area contributed by atoms with Crippen LogP contribution in [0, 0.1) is 0 Å². The summed E-state index contributed by atoms with van der Waals surface area (Å²) in [7, 11) is 6.55. The number of nitrogens with zero attached hydrogens (tertiary/aromatic N) is 3. The van der Waals surface area contributed by atoms with E-state index in [9.17, 15) is 0 Å². The molecule has 1 atom stereocenters. The first-order valence-corrected chi connectivity index (χ1v) is 7.07. The molecule has 1 aromatic heterocycles. The van der Waals surface area contributed by atoms with E-state index in [2.05, 4.69) is 65.8 Å². The summed E-state index contributed by atoms with van der Waals surface area (Å²) in [6.45, 7) is 3.47. The van der Waals surface area contributed by atoms with Gasteiger partial charge in [0.1, 0.15) is 0 Å². The lowest BCUT2D eigenvalue weighted by molar-refractivity contribution is 0.262. The molecule has 3 nitrogen and oxygen atoms in total. The number of likely N-dealkylation sites (tertiary alicyclic amines) is 1. The first-order valence-electron chi connectivity index (χ1n) is 7.07. The Bertz CT molecular complexity index is 570. The van der Waals surface area contributed by atoms with Crippen LogP contribution in [0.15, 0.2) is 30.3 Å². The molecule has 0 N–H and O–H groups in total. The maximum Gasteiger partial charge on any atom is 0.0480 e. The molecule has 2 aromatic rings. The SMILES string of the molecule is CN(C)C1CCN(Cc2cc3ccccc3n2C)C1. The van der Waals surface area contributed by atoms with Crippen LogP contribution in [0.4, 0.5) is 0 Å². The largest absolute Gasteiger partial charge is 0.346 e. The zero-order valence-corrected chi connectivity index (χ0v) is 12.1. The minimum absolute atomic E-state index is 0.717. The highest BCUT2D eigenvalue weighted by Gasteiger charge is 2.24. The van der Waals surface area contributed by atoms with E-state index < -0.39 is 0 Å². The summed E-state index contributed by atoms with van der Waals surface area (Å²) in [5.74, 6) is 0. The van der Waals surface area contributed by atoms with Gasteiger partial charge in [-0.1, -0.05) is 18.2 Å². The molecule has 0 spiro atoms. The molecule has 0 aliphatic carbocycles. The van der Waals surface area contributed by atoms with Crippen molar-refractivity contribution in [3.63, 3.8) is 0 Å². The van der Waals surface area contributed by atoms with Gasteiger partial charge in [-0.05, 0) is 38.0 Å². The van der Waals surface area contributed by atoms with Crippen molar-refractivity contribution >= 4 is 10.9 Å². The fourth-order valence-electron chi connectivity index (χ4n) is 3.10. The Morgan fingerprint density at radius 2 is 2.05 bits per heavy atom. The zero-order chi connectivity index (χ0) is 13.4. The predicted molar refractivity (Wildman–Crippen MR) is 80.3 cm³/mol. The van der Waals surface area contributed by atoms with Gasteiger partial charge in [-0.2, -0.15) is 0 Å². The van der Waals surface area contributed by atoms with Crippen molar-refractivity contribution < 1.29 is 0 Å². The van der Waals surface area contributed by atoms with Gasteiger partial charge in [-0.25, -0.2) is 0 Å². The van der Waals surface area contributed by atoms with Gasteiger partial charge < -0.3 is 9.47 Å². The summed E-state index contributed by atoms with van der Waals surface area (Å²) in [5, 5.41) is 1.35. The standard InChI is InChI=1S/C16H23N3/c1-17(2)14-8-9-19(11-14)12-15-10-13-6-4-5-7-16(13)18(15)3/h4-7,10,14H,8-9,11-12H2,1-3H3. The molecule has 3 heteroatoms. The van der Waals surface area contributed by atoms with Crippen molar-refractivity contribution in [2.45, 2.75) is 19.0 Å². The molecule has 2 heterocycles. The predicted octanol–water partition coefficient (Wildman–Crippen LogP) is 2.31. The molecule has 102 valence electrons. The first-order chi connectivity index (χ1) is 9.15. The third-order valence-corrected chi connectivity index (χ3v) is 4.41. The fourth-order valence-corrected chi connectivity index (χ4v) is 3.10. The molecule has 1 aliphatic rings. The van der Waals surface area contributed by atoms with Crippen molar-refractivity contribution in [3.8, 4) is 0 Å². The van der Waals surface area contributed by atoms with E-state index in [0.717, 1.165) is 12.6 Å². The first kappa shape index (κ1) is 12.7. The van der Waals surface area contributed by atoms with Crippen LogP contribution in [-0.2, 0) is 13.6 Å². The van der Waals surface area contributed by atoms with Crippen LogP contribution in [0.2, 0.25) is 0 Å². The van der Waals surface area contributed by atoms with Crippen molar-refractivity contribution in [1.29, 1.82) is 0 Å². The van der Waals surface area contributed by atoms with Crippen LogP contribution in [0.5, 0.6) is 0 Å². The molecule has 0 amide bonds. The van der Waals surface area contributed by atoms with Crippen LogP contribution < -0.4 is 0 Å². The smallest absolute Gasteiger partial charge is 0.0480 e. The van der Waals surface area contributed by atoms with Gasteiger partial charge >= 0.3 is 0 Å². The molecule has 0 bridgehead atoms. The minimum Gasteiger partial charge on any atom is -0.346 e. The molecule has 1 aromatic carbocycles. The van der Waals surface area contributed by atoms with Crippen LogP contribution in [0.1, 0.15) is 12.1 Å². The van der Waals surface area contributed by atoms with Crippen LogP contribution >= 0.6 is 0 Å². The molecule has 19 heavy (non-hydrogen) atoms. The Morgan fingerprint density at radius 3 is 2.74 bits per heavy atom. The average Bonchev–Trinajstić information content (AvgIpc) is 2.97. The number of rotatable bonds is 3. The lowest BCUT2D eigenvalue weighted by atomic mass is 10.2. The average molecular weight is 257 g/mol. The van der Waals surface area contributed by atoms with Gasteiger partial charge in [0.15, 0.2) is 0 Å². The van der Waals surface area contributed by atoms with Gasteiger partial charge in [0.2, 0.25) is 0 Å². The van der Waals surface area contributed by atoms with Crippen LogP contribution in [0.3, 0.4) is 0 Å². The second kappa shape index (κ2) is 4.99. The molecule has 1 aliphatic heterocycles. The van der Waals surface area contributed by atoms with E-state index in [1.165, 1.54) is 36.1 Å². The number of hydrogen-bond acceptors (Lipinski definition) is 2. The number of likely N-dealkylation sites (N-methyl/N-ethyl adjacent to an activating group) is 1. The van der Waals surface area contributed by atoms with E-state index in [-0.39, 0.29) is 0 Å². The molecule has 1 unspecified atom stereocenters. The van der Waals surface area contributed by atoms with Gasteiger partial charge in [0, 0.05) is 43.9 Å².